The van der Waals surface area contributed by atoms with Crippen molar-refractivity contribution < 1.29 is 4.74 Å². The molecule has 0 N–H and O–H groups in total. The molecule has 5 nitrogen and oxygen atoms in total. The van der Waals surface area contributed by atoms with E-state index >= 15 is 0 Å². The Morgan fingerprint density at radius 2 is 2.08 bits per heavy atom. The molecule has 0 spiro atoms. The van der Waals surface area contributed by atoms with Gasteiger partial charge >= 0.3 is 0 Å². The highest BCUT2D eigenvalue weighted by Gasteiger charge is 2.17. The summed E-state index contributed by atoms with van der Waals surface area (Å²) < 4.78 is 7.24. The van der Waals surface area contributed by atoms with Gasteiger partial charge in [-0.2, -0.15) is 0 Å². The second-order valence-corrected chi connectivity index (χ2v) is 9.22. The quantitative estimate of drug-likeness (QED) is 0.310. The Morgan fingerprint density at radius 3 is 2.77 bits per heavy atom. The summed E-state index contributed by atoms with van der Waals surface area (Å²) in [5.74, 6) is 0.719. The molecule has 0 unspecified atom stereocenters. The average Bonchev–Trinajstić information content (AvgIpc) is 3.15. The fourth-order valence-corrected chi connectivity index (χ4v) is 5.40. The Hall–Kier alpha value is -1.22. The maximum absolute atomic E-state index is 13.1. The van der Waals surface area contributed by atoms with E-state index in [1.165, 1.54) is 0 Å². The van der Waals surface area contributed by atoms with Crippen molar-refractivity contribution in [2.75, 3.05) is 13.2 Å². The maximum atomic E-state index is 13.1. The van der Waals surface area contributed by atoms with Crippen LogP contribution in [0.1, 0.15) is 34.5 Å². The van der Waals surface area contributed by atoms with Crippen LogP contribution in [0.25, 0.3) is 10.2 Å². The molecule has 3 rings (SSSR count). The molecule has 0 aliphatic carbocycles. The molecule has 0 amide bonds. The highest BCUT2D eigenvalue weighted by molar-refractivity contribution is 7.98. The van der Waals surface area contributed by atoms with Crippen LogP contribution in [0.5, 0.6) is 0 Å². The number of thiazole rings is 1. The van der Waals surface area contributed by atoms with Gasteiger partial charge in [0.2, 0.25) is 0 Å². The summed E-state index contributed by atoms with van der Waals surface area (Å²) in [7, 11) is 0. The summed E-state index contributed by atoms with van der Waals surface area (Å²) >= 11 is 4.83. The second kappa shape index (κ2) is 8.65. The lowest BCUT2D eigenvalue weighted by atomic mass is 10.2. The molecule has 0 saturated carbocycles. The van der Waals surface area contributed by atoms with E-state index in [1.54, 1.807) is 34.4 Å². The monoisotopic (exact) mass is 409 g/mol. The molecule has 140 valence electrons. The average molecular weight is 410 g/mol. The van der Waals surface area contributed by atoms with E-state index in [9.17, 15) is 4.79 Å². The van der Waals surface area contributed by atoms with Crippen molar-refractivity contribution in [3.63, 3.8) is 0 Å². The first-order valence-corrected chi connectivity index (χ1v) is 11.3. The van der Waals surface area contributed by atoms with Gasteiger partial charge in [-0.25, -0.2) is 9.97 Å². The number of hydrogen-bond acceptors (Lipinski definition) is 7. The largest absolute Gasteiger partial charge is 0.382 e. The van der Waals surface area contributed by atoms with Crippen molar-refractivity contribution >= 4 is 44.7 Å². The number of ether oxygens (including phenoxy) is 1. The zero-order chi connectivity index (χ0) is 18.7. The van der Waals surface area contributed by atoms with Crippen molar-refractivity contribution in [1.82, 2.24) is 14.5 Å². The van der Waals surface area contributed by atoms with E-state index in [0.717, 1.165) is 48.7 Å². The van der Waals surface area contributed by atoms with E-state index in [1.807, 2.05) is 32.3 Å². The molecule has 0 bridgehead atoms. The Labute approximate surface area is 165 Å². The predicted octanol–water partition coefficient (Wildman–Crippen LogP) is 4.56. The molecule has 0 aliphatic rings. The molecular weight excluding hydrogens is 386 g/mol. The number of fused-ring (bicyclic) bond motifs is 1. The molecule has 0 aliphatic heterocycles. The van der Waals surface area contributed by atoms with Gasteiger partial charge in [-0.05, 0) is 39.7 Å². The van der Waals surface area contributed by atoms with Crippen LogP contribution in [0, 0.1) is 20.8 Å². The molecule has 0 saturated heterocycles. The summed E-state index contributed by atoms with van der Waals surface area (Å²) in [6.45, 7) is 10.0. The van der Waals surface area contributed by atoms with Gasteiger partial charge in [-0.3, -0.25) is 9.36 Å². The molecule has 0 radical (unpaired) electrons. The third-order valence-corrected chi connectivity index (χ3v) is 7.08. The molecule has 0 atom stereocenters. The van der Waals surface area contributed by atoms with Crippen LogP contribution in [-0.2, 0) is 17.0 Å². The number of hydrogen-bond donors (Lipinski definition) is 0. The Balaban J connectivity index is 1.93. The van der Waals surface area contributed by atoms with Gasteiger partial charge < -0.3 is 4.74 Å². The van der Waals surface area contributed by atoms with Crippen LogP contribution < -0.4 is 5.56 Å². The molecule has 26 heavy (non-hydrogen) atoms. The summed E-state index contributed by atoms with van der Waals surface area (Å²) in [5.41, 5.74) is 2.14. The summed E-state index contributed by atoms with van der Waals surface area (Å²) in [6.07, 6.45) is 0.798. The third-order valence-electron chi connectivity index (χ3n) is 4.14. The molecule has 0 aromatic carbocycles. The lowest BCUT2D eigenvalue weighted by molar-refractivity contribution is 0.140. The van der Waals surface area contributed by atoms with Crippen LogP contribution >= 0.6 is 34.4 Å². The third kappa shape index (κ3) is 4.19. The maximum Gasteiger partial charge on any atom is 0.263 e. The predicted molar refractivity (Wildman–Crippen MR) is 111 cm³/mol. The normalized spacial score (nSPS) is 11.5. The minimum Gasteiger partial charge on any atom is -0.382 e. The van der Waals surface area contributed by atoms with Gasteiger partial charge in [-0.1, -0.05) is 11.8 Å². The summed E-state index contributed by atoms with van der Waals surface area (Å²) in [4.78, 5) is 24.4. The smallest absolute Gasteiger partial charge is 0.263 e. The van der Waals surface area contributed by atoms with Gasteiger partial charge in [-0.15, -0.1) is 22.7 Å². The minimum absolute atomic E-state index is 0.0605. The number of thioether (sulfide) groups is 1. The fraction of sp³-hybridized carbons (Fsp3) is 0.500. The number of aryl methyl sites for hydroxylation is 3. The van der Waals surface area contributed by atoms with Crippen LogP contribution in [0.3, 0.4) is 0 Å². The molecule has 3 aromatic rings. The van der Waals surface area contributed by atoms with Crippen LogP contribution in [0.15, 0.2) is 15.3 Å². The van der Waals surface area contributed by atoms with Crippen LogP contribution in [0.2, 0.25) is 0 Å². The highest BCUT2D eigenvalue weighted by atomic mass is 32.2. The van der Waals surface area contributed by atoms with E-state index in [-0.39, 0.29) is 5.56 Å². The summed E-state index contributed by atoms with van der Waals surface area (Å²) in [5, 5.41) is 4.66. The van der Waals surface area contributed by atoms with Gasteiger partial charge in [0, 0.05) is 35.8 Å². The number of aromatic nitrogens is 3. The van der Waals surface area contributed by atoms with Crippen molar-refractivity contribution in [3.05, 3.63) is 36.9 Å². The summed E-state index contributed by atoms with van der Waals surface area (Å²) in [6, 6.07) is 0. The van der Waals surface area contributed by atoms with E-state index in [0.29, 0.717) is 19.8 Å². The van der Waals surface area contributed by atoms with Crippen LogP contribution in [0.4, 0.5) is 0 Å². The highest BCUT2D eigenvalue weighted by Crippen LogP contribution is 2.29. The van der Waals surface area contributed by atoms with Crippen molar-refractivity contribution in [3.8, 4) is 0 Å². The van der Waals surface area contributed by atoms with E-state index in [4.69, 9.17) is 9.72 Å². The molecule has 0 fully saturated rings. The first-order valence-electron chi connectivity index (χ1n) is 8.63. The fourth-order valence-electron chi connectivity index (χ4n) is 2.70. The number of nitrogens with zero attached hydrogens (tertiary/aromatic N) is 3. The lowest BCUT2D eigenvalue weighted by Gasteiger charge is -2.12. The van der Waals surface area contributed by atoms with Crippen molar-refractivity contribution in [1.29, 1.82) is 0 Å². The number of thiophene rings is 1. The topological polar surface area (TPSA) is 57.0 Å². The van der Waals surface area contributed by atoms with E-state index in [2.05, 4.69) is 10.4 Å². The number of rotatable bonds is 8. The lowest BCUT2D eigenvalue weighted by Crippen LogP contribution is -2.24. The SMILES string of the molecule is CCOCCCn1c(SCc2csc(C)n2)nc2sc(C)c(C)c2c1=O. The Bertz CT molecular complexity index is 959. The molecule has 3 aromatic heterocycles. The van der Waals surface area contributed by atoms with Gasteiger partial charge in [0.1, 0.15) is 4.83 Å². The van der Waals surface area contributed by atoms with Gasteiger partial charge in [0.15, 0.2) is 5.16 Å². The molecular formula is C18H23N3O2S3. The van der Waals surface area contributed by atoms with Gasteiger partial charge in [0.25, 0.3) is 5.56 Å². The molecule has 8 heteroatoms. The second-order valence-electron chi connectivity index (χ2n) is 6.01. The minimum atomic E-state index is 0.0605. The zero-order valence-electron chi connectivity index (χ0n) is 15.5. The Morgan fingerprint density at radius 1 is 1.27 bits per heavy atom. The van der Waals surface area contributed by atoms with Crippen LogP contribution in [-0.4, -0.2) is 27.7 Å². The Kier molecular flexibility index (Phi) is 6.50. The first-order chi connectivity index (χ1) is 12.5. The van der Waals surface area contributed by atoms with Gasteiger partial charge in [0.05, 0.1) is 16.1 Å². The first kappa shape index (κ1) is 19.5. The van der Waals surface area contributed by atoms with E-state index < -0.39 is 0 Å². The van der Waals surface area contributed by atoms with Crippen molar-refractivity contribution in [2.24, 2.45) is 0 Å². The molecule has 3 heterocycles. The zero-order valence-corrected chi connectivity index (χ0v) is 17.9. The van der Waals surface area contributed by atoms with Crippen molar-refractivity contribution in [2.45, 2.75) is 51.6 Å². The standard InChI is InChI=1S/C18H23N3O2S3/c1-5-23-8-6-7-21-17(22)15-11(2)12(3)26-16(15)20-18(21)25-10-14-9-24-13(4)19-14/h9H,5-8,10H2,1-4H3.